The van der Waals surface area contributed by atoms with Gasteiger partial charge in [-0.2, -0.15) is 5.26 Å². The van der Waals surface area contributed by atoms with Gasteiger partial charge >= 0.3 is 0 Å². The highest BCUT2D eigenvalue weighted by molar-refractivity contribution is 6.36. The molecule has 0 aromatic heterocycles. The highest BCUT2D eigenvalue weighted by Gasteiger charge is 2.32. The summed E-state index contributed by atoms with van der Waals surface area (Å²) in [5.74, 6) is 0.395. The Balaban J connectivity index is 2.04. The third kappa shape index (κ3) is 2.51. The van der Waals surface area contributed by atoms with Crippen LogP contribution in [0.4, 0.5) is 0 Å². The van der Waals surface area contributed by atoms with E-state index in [1.807, 2.05) is 42.5 Å². The van der Waals surface area contributed by atoms with Crippen LogP contribution >= 0.6 is 23.2 Å². The van der Waals surface area contributed by atoms with Crippen LogP contribution in [0.15, 0.2) is 66.1 Å². The molecular formula is C20H12Cl2N2O. The molecule has 5 heteroatoms. The second kappa shape index (κ2) is 6.00. The lowest BCUT2D eigenvalue weighted by atomic mass is 9.82. The van der Waals surface area contributed by atoms with Crippen molar-refractivity contribution in [2.45, 2.75) is 5.92 Å². The summed E-state index contributed by atoms with van der Waals surface area (Å²) in [7, 11) is 0. The van der Waals surface area contributed by atoms with E-state index in [9.17, 15) is 5.26 Å². The Morgan fingerprint density at radius 1 is 1.00 bits per heavy atom. The van der Waals surface area contributed by atoms with Gasteiger partial charge in [0.2, 0.25) is 5.88 Å². The highest BCUT2D eigenvalue weighted by atomic mass is 35.5. The topological polar surface area (TPSA) is 59.0 Å². The lowest BCUT2D eigenvalue weighted by molar-refractivity contribution is 0.398. The van der Waals surface area contributed by atoms with Gasteiger partial charge in [-0.3, -0.25) is 0 Å². The van der Waals surface area contributed by atoms with Crippen LogP contribution in [0.3, 0.4) is 0 Å². The smallest absolute Gasteiger partial charge is 0.205 e. The van der Waals surface area contributed by atoms with Crippen molar-refractivity contribution in [2.24, 2.45) is 5.73 Å². The molecule has 0 fully saturated rings. The molecule has 1 aliphatic rings. The second-order valence-electron chi connectivity index (χ2n) is 5.80. The van der Waals surface area contributed by atoms with Crippen LogP contribution in [0.25, 0.3) is 10.8 Å². The first-order valence-electron chi connectivity index (χ1n) is 7.64. The minimum absolute atomic E-state index is 0.113. The number of halogens is 2. The van der Waals surface area contributed by atoms with Crippen molar-refractivity contribution in [2.75, 3.05) is 0 Å². The van der Waals surface area contributed by atoms with Crippen molar-refractivity contribution in [3.8, 4) is 11.8 Å². The molecule has 25 heavy (non-hydrogen) atoms. The Hall–Kier alpha value is -2.67. The number of nitrogens with zero attached hydrogens (tertiary/aromatic N) is 1. The fourth-order valence-corrected chi connectivity index (χ4v) is 3.65. The molecule has 1 heterocycles. The fraction of sp³-hybridized carbons (Fsp3) is 0.0500. The van der Waals surface area contributed by atoms with Crippen molar-refractivity contribution in [1.29, 1.82) is 5.26 Å². The molecule has 0 saturated carbocycles. The van der Waals surface area contributed by atoms with E-state index in [0.29, 0.717) is 21.4 Å². The maximum Gasteiger partial charge on any atom is 0.205 e. The second-order valence-corrected chi connectivity index (χ2v) is 6.64. The molecular weight excluding hydrogens is 355 g/mol. The fourth-order valence-electron chi connectivity index (χ4n) is 3.24. The van der Waals surface area contributed by atoms with E-state index in [1.54, 1.807) is 12.1 Å². The maximum atomic E-state index is 9.63. The Kier molecular flexibility index (Phi) is 3.80. The van der Waals surface area contributed by atoms with Gasteiger partial charge in [-0.05, 0) is 23.8 Å². The SMILES string of the molecule is N#CC1=C(N)Oc2c(cc(Cl)c3ccccc23)C1c1ccc(Cl)cc1. The Morgan fingerprint density at radius 2 is 1.68 bits per heavy atom. The normalized spacial score (nSPS) is 16.3. The number of hydrogen-bond acceptors (Lipinski definition) is 3. The number of allylic oxidation sites excluding steroid dienone is 1. The number of rotatable bonds is 1. The van der Waals surface area contributed by atoms with Gasteiger partial charge in [0.1, 0.15) is 17.4 Å². The Labute approximate surface area is 154 Å². The van der Waals surface area contributed by atoms with E-state index in [0.717, 1.165) is 21.9 Å². The molecule has 0 bridgehead atoms. The molecule has 4 rings (SSSR count). The first kappa shape index (κ1) is 15.8. The first-order chi connectivity index (χ1) is 12.1. The predicted molar refractivity (Wildman–Crippen MR) is 99.7 cm³/mol. The van der Waals surface area contributed by atoms with E-state index in [-0.39, 0.29) is 11.8 Å². The van der Waals surface area contributed by atoms with Crippen LogP contribution in [0.2, 0.25) is 10.0 Å². The van der Waals surface area contributed by atoms with Crippen LogP contribution in [-0.2, 0) is 0 Å². The molecule has 122 valence electrons. The lowest BCUT2D eigenvalue weighted by Crippen LogP contribution is -2.21. The molecule has 3 aromatic rings. The molecule has 0 spiro atoms. The van der Waals surface area contributed by atoms with Gasteiger partial charge in [-0.15, -0.1) is 0 Å². The molecule has 0 radical (unpaired) electrons. The zero-order chi connectivity index (χ0) is 17.6. The standard InChI is InChI=1S/C20H12Cl2N2O/c21-12-7-5-11(6-8-12)18-15-9-17(22)13-3-1-2-4-14(13)19(15)25-20(24)16(18)10-23/h1-9,18H,24H2. The van der Waals surface area contributed by atoms with Crippen LogP contribution in [0.5, 0.6) is 5.75 Å². The number of ether oxygens (including phenoxy) is 1. The van der Waals surface area contributed by atoms with Gasteiger partial charge in [0, 0.05) is 26.4 Å². The van der Waals surface area contributed by atoms with Crippen molar-refractivity contribution in [3.05, 3.63) is 87.2 Å². The predicted octanol–water partition coefficient (Wildman–Crippen LogP) is 5.36. The summed E-state index contributed by atoms with van der Waals surface area (Å²) >= 11 is 12.5. The molecule has 0 aliphatic carbocycles. The summed E-state index contributed by atoms with van der Waals surface area (Å²) in [5.41, 5.74) is 8.15. The van der Waals surface area contributed by atoms with Gasteiger partial charge in [0.05, 0.1) is 5.92 Å². The summed E-state index contributed by atoms with van der Waals surface area (Å²) in [4.78, 5) is 0. The van der Waals surface area contributed by atoms with Gasteiger partial charge in [0.25, 0.3) is 0 Å². The van der Waals surface area contributed by atoms with E-state index in [2.05, 4.69) is 6.07 Å². The molecule has 3 aromatic carbocycles. The number of nitriles is 1. The van der Waals surface area contributed by atoms with Crippen LogP contribution in [-0.4, -0.2) is 0 Å². The molecule has 1 aliphatic heterocycles. The van der Waals surface area contributed by atoms with Gasteiger partial charge in [0.15, 0.2) is 0 Å². The van der Waals surface area contributed by atoms with Crippen LogP contribution < -0.4 is 10.5 Å². The van der Waals surface area contributed by atoms with Crippen molar-refractivity contribution in [1.82, 2.24) is 0 Å². The average Bonchev–Trinajstić information content (AvgIpc) is 2.63. The molecule has 0 amide bonds. The first-order valence-corrected chi connectivity index (χ1v) is 8.40. The molecule has 0 saturated heterocycles. The minimum atomic E-state index is -0.354. The zero-order valence-electron chi connectivity index (χ0n) is 13.0. The largest absolute Gasteiger partial charge is 0.440 e. The van der Waals surface area contributed by atoms with Gasteiger partial charge in [-0.1, -0.05) is 59.6 Å². The van der Waals surface area contributed by atoms with E-state index in [4.69, 9.17) is 33.7 Å². The Bertz CT molecular complexity index is 1070. The summed E-state index contributed by atoms with van der Waals surface area (Å²) in [6.45, 7) is 0. The third-order valence-electron chi connectivity index (χ3n) is 4.37. The van der Waals surface area contributed by atoms with E-state index < -0.39 is 0 Å². The molecule has 1 atom stereocenters. The van der Waals surface area contributed by atoms with Gasteiger partial charge in [-0.25, -0.2) is 0 Å². The third-order valence-corrected chi connectivity index (χ3v) is 4.94. The van der Waals surface area contributed by atoms with Crippen molar-refractivity contribution < 1.29 is 4.74 Å². The van der Waals surface area contributed by atoms with Crippen LogP contribution in [0.1, 0.15) is 17.0 Å². The average molecular weight is 367 g/mol. The summed E-state index contributed by atoms with van der Waals surface area (Å²) in [6, 6.07) is 19.1. The van der Waals surface area contributed by atoms with Gasteiger partial charge < -0.3 is 10.5 Å². The van der Waals surface area contributed by atoms with E-state index in [1.165, 1.54) is 0 Å². The number of hydrogen-bond donors (Lipinski definition) is 1. The number of fused-ring (bicyclic) bond motifs is 3. The van der Waals surface area contributed by atoms with Crippen LogP contribution in [0, 0.1) is 11.3 Å². The Morgan fingerprint density at radius 3 is 2.36 bits per heavy atom. The zero-order valence-corrected chi connectivity index (χ0v) is 14.5. The minimum Gasteiger partial charge on any atom is -0.440 e. The number of nitrogens with two attached hydrogens (primary N) is 1. The maximum absolute atomic E-state index is 9.63. The van der Waals surface area contributed by atoms with E-state index >= 15 is 0 Å². The quantitative estimate of drug-likeness (QED) is 0.630. The highest BCUT2D eigenvalue weighted by Crippen LogP contribution is 2.47. The summed E-state index contributed by atoms with van der Waals surface area (Å²) in [6.07, 6.45) is 0. The molecule has 3 nitrogen and oxygen atoms in total. The summed E-state index contributed by atoms with van der Waals surface area (Å²) < 4.78 is 5.83. The number of benzene rings is 3. The van der Waals surface area contributed by atoms with Crippen molar-refractivity contribution >= 4 is 34.0 Å². The molecule has 1 unspecified atom stereocenters. The monoisotopic (exact) mass is 366 g/mol. The lowest BCUT2D eigenvalue weighted by Gasteiger charge is -2.28. The summed E-state index contributed by atoms with van der Waals surface area (Å²) in [5, 5.41) is 12.6. The van der Waals surface area contributed by atoms with Crippen molar-refractivity contribution in [3.63, 3.8) is 0 Å². The molecule has 2 N–H and O–H groups in total.